The number of hydrogen-bond donors (Lipinski definition) is 2. The third-order valence-electron chi connectivity index (χ3n) is 4.07. The van der Waals surface area contributed by atoms with Gasteiger partial charge in [0.2, 0.25) is 5.91 Å². The minimum Gasteiger partial charge on any atom is -0.369 e. The lowest BCUT2D eigenvalue weighted by Gasteiger charge is -2.40. The lowest BCUT2D eigenvalue weighted by atomic mass is 9.91. The van der Waals surface area contributed by atoms with E-state index in [0.717, 1.165) is 24.1 Å². The molecule has 1 heterocycles. The number of amides is 1. The molecule has 0 spiro atoms. The first-order valence-corrected chi connectivity index (χ1v) is 7.01. The first-order valence-electron chi connectivity index (χ1n) is 7.01. The van der Waals surface area contributed by atoms with Crippen LogP contribution in [0.1, 0.15) is 38.3 Å². The molecule has 2 unspecified atom stereocenters. The van der Waals surface area contributed by atoms with Crippen LogP contribution in [-0.4, -0.2) is 18.5 Å². The molecule has 1 aliphatic heterocycles. The van der Waals surface area contributed by atoms with Crippen molar-refractivity contribution in [3.8, 4) is 0 Å². The second-order valence-electron chi connectivity index (χ2n) is 5.67. The predicted octanol–water partition coefficient (Wildman–Crippen LogP) is 1.94. The van der Waals surface area contributed by atoms with Gasteiger partial charge >= 0.3 is 0 Å². The van der Waals surface area contributed by atoms with E-state index < -0.39 is 0 Å². The standard InChI is InChI=1S/C15H22FN3O/c1-9-3-4-11(15(18)20)8-19(9)14-6-5-12(16)7-13(14)10(2)17/h5-7,9-11H,3-4,8,17H2,1-2H3,(H2,18,20)/t9?,10-,11?/m1/s1. The van der Waals surface area contributed by atoms with Crippen LogP contribution in [0.15, 0.2) is 18.2 Å². The molecule has 3 atom stereocenters. The van der Waals surface area contributed by atoms with E-state index in [1.165, 1.54) is 12.1 Å². The number of benzene rings is 1. The van der Waals surface area contributed by atoms with Gasteiger partial charge in [-0.15, -0.1) is 0 Å². The topological polar surface area (TPSA) is 72.4 Å². The highest BCUT2D eigenvalue weighted by atomic mass is 19.1. The number of anilines is 1. The van der Waals surface area contributed by atoms with Gasteiger partial charge in [0.1, 0.15) is 5.82 Å². The van der Waals surface area contributed by atoms with Gasteiger partial charge < -0.3 is 16.4 Å². The SMILES string of the molecule is CC1CCC(C(N)=O)CN1c1ccc(F)cc1[C@@H](C)N. The maximum Gasteiger partial charge on any atom is 0.222 e. The van der Waals surface area contributed by atoms with Gasteiger partial charge in [-0.3, -0.25) is 4.79 Å². The van der Waals surface area contributed by atoms with Gasteiger partial charge in [0, 0.05) is 24.3 Å². The average molecular weight is 279 g/mol. The van der Waals surface area contributed by atoms with Crippen LogP contribution in [0.3, 0.4) is 0 Å². The van der Waals surface area contributed by atoms with Gasteiger partial charge in [-0.05, 0) is 50.5 Å². The van der Waals surface area contributed by atoms with Crippen molar-refractivity contribution in [3.63, 3.8) is 0 Å². The van der Waals surface area contributed by atoms with Crippen molar-refractivity contribution in [2.24, 2.45) is 17.4 Å². The van der Waals surface area contributed by atoms with Crippen molar-refractivity contribution in [2.45, 2.75) is 38.8 Å². The Morgan fingerprint density at radius 1 is 1.45 bits per heavy atom. The van der Waals surface area contributed by atoms with Crippen molar-refractivity contribution >= 4 is 11.6 Å². The van der Waals surface area contributed by atoms with Gasteiger partial charge in [-0.25, -0.2) is 4.39 Å². The average Bonchev–Trinajstić information content (AvgIpc) is 2.39. The van der Waals surface area contributed by atoms with Crippen molar-refractivity contribution < 1.29 is 9.18 Å². The highest BCUT2D eigenvalue weighted by Crippen LogP contribution is 2.32. The molecule has 20 heavy (non-hydrogen) atoms. The molecule has 0 aliphatic carbocycles. The van der Waals surface area contributed by atoms with Crippen LogP contribution in [-0.2, 0) is 4.79 Å². The molecule has 1 aromatic carbocycles. The Bertz CT molecular complexity index is 504. The Morgan fingerprint density at radius 3 is 2.75 bits per heavy atom. The Morgan fingerprint density at radius 2 is 2.15 bits per heavy atom. The Labute approximate surface area is 118 Å². The molecule has 1 aromatic rings. The fourth-order valence-electron chi connectivity index (χ4n) is 2.83. The summed E-state index contributed by atoms with van der Waals surface area (Å²) in [4.78, 5) is 13.5. The molecule has 2 rings (SSSR count). The predicted molar refractivity (Wildman–Crippen MR) is 77.7 cm³/mol. The molecule has 110 valence electrons. The minimum atomic E-state index is -0.294. The lowest BCUT2D eigenvalue weighted by molar-refractivity contribution is -0.122. The van der Waals surface area contributed by atoms with Gasteiger partial charge in [0.25, 0.3) is 0 Å². The van der Waals surface area contributed by atoms with E-state index in [1.807, 2.05) is 6.92 Å². The highest BCUT2D eigenvalue weighted by Gasteiger charge is 2.30. The van der Waals surface area contributed by atoms with Crippen LogP contribution >= 0.6 is 0 Å². The van der Waals surface area contributed by atoms with Crippen molar-refractivity contribution in [1.29, 1.82) is 0 Å². The molecule has 1 aliphatic rings. The molecule has 1 saturated heterocycles. The molecule has 4 nitrogen and oxygen atoms in total. The number of hydrogen-bond acceptors (Lipinski definition) is 3. The Balaban J connectivity index is 2.35. The van der Waals surface area contributed by atoms with E-state index in [4.69, 9.17) is 11.5 Å². The molecule has 0 bridgehead atoms. The van der Waals surface area contributed by atoms with Gasteiger partial charge in [-0.2, -0.15) is 0 Å². The smallest absolute Gasteiger partial charge is 0.222 e. The van der Waals surface area contributed by atoms with Crippen molar-refractivity contribution in [1.82, 2.24) is 0 Å². The quantitative estimate of drug-likeness (QED) is 0.888. The van der Waals surface area contributed by atoms with Crippen LogP contribution in [0.5, 0.6) is 0 Å². The molecule has 0 radical (unpaired) electrons. The fourth-order valence-corrected chi connectivity index (χ4v) is 2.83. The number of nitrogens with two attached hydrogens (primary N) is 2. The molecule has 0 aromatic heterocycles. The molecular weight excluding hydrogens is 257 g/mol. The van der Waals surface area contributed by atoms with Crippen LogP contribution in [0.4, 0.5) is 10.1 Å². The van der Waals surface area contributed by atoms with E-state index in [1.54, 1.807) is 6.07 Å². The summed E-state index contributed by atoms with van der Waals surface area (Å²) in [6.07, 6.45) is 1.70. The maximum absolute atomic E-state index is 13.4. The summed E-state index contributed by atoms with van der Waals surface area (Å²) in [6, 6.07) is 4.67. The zero-order valence-corrected chi connectivity index (χ0v) is 12.0. The summed E-state index contributed by atoms with van der Waals surface area (Å²) < 4.78 is 13.4. The van der Waals surface area contributed by atoms with Crippen LogP contribution in [0.25, 0.3) is 0 Å². The lowest BCUT2D eigenvalue weighted by Crippen LogP contribution is -2.46. The first-order chi connectivity index (χ1) is 9.40. The van der Waals surface area contributed by atoms with Crippen LogP contribution < -0.4 is 16.4 Å². The van der Waals surface area contributed by atoms with E-state index in [-0.39, 0.29) is 29.7 Å². The summed E-state index contributed by atoms with van der Waals surface area (Å²) in [5, 5.41) is 0. The largest absolute Gasteiger partial charge is 0.369 e. The zero-order chi connectivity index (χ0) is 14.9. The first kappa shape index (κ1) is 14.8. The monoisotopic (exact) mass is 279 g/mol. The highest BCUT2D eigenvalue weighted by molar-refractivity contribution is 5.78. The zero-order valence-electron chi connectivity index (χ0n) is 12.0. The maximum atomic E-state index is 13.4. The number of halogens is 1. The second-order valence-corrected chi connectivity index (χ2v) is 5.67. The summed E-state index contributed by atoms with van der Waals surface area (Å²) >= 11 is 0. The van der Waals surface area contributed by atoms with E-state index in [0.29, 0.717) is 6.54 Å². The Hall–Kier alpha value is -1.62. The molecule has 5 heteroatoms. The van der Waals surface area contributed by atoms with E-state index in [9.17, 15) is 9.18 Å². The number of primary amides is 1. The Kier molecular flexibility index (Phi) is 4.28. The van der Waals surface area contributed by atoms with Gasteiger partial charge in [0.15, 0.2) is 0 Å². The molecule has 0 saturated carbocycles. The molecular formula is C15H22FN3O. The van der Waals surface area contributed by atoms with Crippen molar-refractivity contribution in [2.75, 3.05) is 11.4 Å². The number of carbonyl (C=O) groups is 1. The minimum absolute atomic E-state index is 0.155. The van der Waals surface area contributed by atoms with Crippen molar-refractivity contribution in [3.05, 3.63) is 29.6 Å². The third kappa shape index (κ3) is 2.93. The number of nitrogens with zero attached hydrogens (tertiary/aromatic N) is 1. The fraction of sp³-hybridized carbons (Fsp3) is 0.533. The van der Waals surface area contributed by atoms with E-state index in [2.05, 4.69) is 11.8 Å². The number of carbonyl (C=O) groups excluding carboxylic acids is 1. The van der Waals surface area contributed by atoms with Gasteiger partial charge in [0.05, 0.1) is 5.92 Å². The number of rotatable bonds is 3. The van der Waals surface area contributed by atoms with Crippen LogP contribution in [0.2, 0.25) is 0 Å². The third-order valence-corrected chi connectivity index (χ3v) is 4.07. The molecule has 1 amide bonds. The van der Waals surface area contributed by atoms with Gasteiger partial charge in [-0.1, -0.05) is 0 Å². The van der Waals surface area contributed by atoms with E-state index >= 15 is 0 Å². The second kappa shape index (κ2) is 5.79. The molecule has 4 N–H and O–H groups in total. The summed E-state index contributed by atoms with van der Waals surface area (Å²) in [5.41, 5.74) is 13.0. The summed E-state index contributed by atoms with van der Waals surface area (Å²) in [6.45, 7) is 4.51. The summed E-state index contributed by atoms with van der Waals surface area (Å²) in [5.74, 6) is -0.722. The normalized spacial score (nSPS) is 24.5. The van der Waals surface area contributed by atoms with Crippen LogP contribution in [0, 0.1) is 11.7 Å². The summed E-state index contributed by atoms with van der Waals surface area (Å²) in [7, 11) is 0. The molecule has 1 fully saturated rings. The number of piperidine rings is 1.